The van der Waals surface area contributed by atoms with Crippen molar-refractivity contribution in [2.75, 3.05) is 0 Å². The highest BCUT2D eigenvalue weighted by atomic mass is 32.2. The number of fused-ring (bicyclic) bond motifs is 1. The molecule has 0 saturated carbocycles. The van der Waals surface area contributed by atoms with Crippen LogP contribution in [0.1, 0.15) is 29.0 Å². The van der Waals surface area contributed by atoms with Gasteiger partial charge in [-0.05, 0) is 37.0 Å². The highest BCUT2D eigenvalue weighted by molar-refractivity contribution is 8.00. The lowest BCUT2D eigenvalue weighted by atomic mass is 9.91. The van der Waals surface area contributed by atoms with E-state index in [1.165, 1.54) is 10.5 Å². The van der Waals surface area contributed by atoms with Crippen molar-refractivity contribution in [3.63, 3.8) is 0 Å². The van der Waals surface area contributed by atoms with Gasteiger partial charge in [0.1, 0.15) is 0 Å². The van der Waals surface area contributed by atoms with E-state index in [9.17, 15) is 9.90 Å². The quantitative estimate of drug-likeness (QED) is 0.916. The molecule has 0 aliphatic carbocycles. The molecule has 0 aromatic heterocycles. The molecule has 0 amide bonds. The number of benzene rings is 2. The molecule has 1 aliphatic heterocycles. The van der Waals surface area contributed by atoms with Crippen molar-refractivity contribution in [1.29, 1.82) is 0 Å². The van der Waals surface area contributed by atoms with Gasteiger partial charge in [-0.2, -0.15) is 0 Å². The van der Waals surface area contributed by atoms with E-state index in [0.717, 1.165) is 17.5 Å². The maximum atomic E-state index is 11.7. The van der Waals surface area contributed by atoms with Crippen molar-refractivity contribution in [1.82, 2.24) is 0 Å². The summed E-state index contributed by atoms with van der Waals surface area (Å²) in [6, 6.07) is 16.2. The molecule has 3 rings (SSSR count). The molecule has 2 aromatic rings. The molecule has 21 heavy (non-hydrogen) atoms. The monoisotopic (exact) mass is 298 g/mol. The lowest BCUT2D eigenvalue weighted by Crippen LogP contribution is -2.17. The van der Waals surface area contributed by atoms with Gasteiger partial charge in [-0.25, -0.2) is 0 Å². The third-order valence-corrected chi connectivity index (χ3v) is 5.30. The molecule has 3 heteroatoms. The van der Waals surface area contributed by atoms with Gasteiger partial charge in [0.25, 0.3) is 0 Å². The summed E-state index contributed by atoms with van der Waals surface area (Å²) in [5.41, 5.74) is 3.38. The topological polar surface area (TPSA) is 37.3 Å². The summed E-state index contributed by atoms with van der Waals surface area (Å²) >= 11 is 1.82. The van der Waals surface area contributed by atoms with Gasteiger partial charge in [-0.3, -0.25) is 4.79 Å². The Labute approximate surface area is 129 Å². The summed E-state index contributed by atoms with van der Waals surface area (Å²) < 4.78 is 0. The Hall–Kier alpha value is -1.74. The van der Waals surface area contributed by atoms with Crippen molar-refractivity contribution < 1.29 is 9.90 Å². The lowest BCUT2D eigenvalue weighted by molar-refractivity contribution is -0.139. The minimum absolute atomic E-state index is 0.351. The van der Waals surface area contributed by atoms with E-state index in [1.54, 1.807) is 0 Å². The number of hydrogen-bond acceptors (Lipinski definition) is 2. The average molecular weight is 298 g/mol. The minimum Gasteiger partial charge on any atom is -0.481 e. The van der Waals surface area contributed by atoms with Gasteiger partial charge in [0, 0.05) is 10.1 Å². The van der Waals surface area contributed by atoms with Gasteiger partial charge in [0.15, 0.2) is 0 Å². The van der Waals surface area contributed by atoms with Crippen molar-refractivity contribution in [3.05, 3.63) is 65.2 Å². The van der Waals surface area contributed by atoms with E-state index in [1.807, 2.05) is 49.0 Å². The van der Waals surface area contributed by atoms with Gasteiger partial charge in [-0.15, -0.1) is 11.8 Å². The zero-order chi connectivity index (χ0) is 14.8. The van der Waals surface area contributed by atoms with Crippen LogP contribution in [0, 0.1) is 6.92 Å². The number of carbonyl (C=O) groups is 1. The Kier molecular flexibility index (Phi) is 4.02. The smallest absolute Gasteiger partial charge is 0.311 e. The molecule has 1 N–H and O–H groups in total. The first kappa shape index (κ1) is 14.2. The first-order chi connectivity index (χ1) is 10.1. The molecular weight excluding hydrogens is 280 g/mol. The zero-order valence-electron chi connectivity index (χ0n) is 12.0. The van der Waals surface area contributed by atoms with Gasteiger partial charge < -0.3 is 5.11 Å². The van der Waals surface area contributed by atoms with E-state index in [4.69, 9.17) is 0 Å². The summed E-state index contributed by atoms with van der Waals surface area (Å²) in [5.74, 6) is -1.14. The fourth-order valence-electron chi connectivity index (χ4n) is 2.91. The largest absolute Gasteiger partial charge is 0.481 e. The molecule has 2 unspecified atom stereocenters. The normalized spacial score (nSPS) is 18.2. The van der Waals surface area contributed by atoms with Gasteiger partial charge in [0.05, 0.1) is 5.92 Å². The third-order valence-electron chi connectivity index (χ3n) is 3.96. The van der Waals surface area contributed by atoms with Crippen LogP contribution in [-0.2, 0) is 11.2 Å². The Morgan fingerprint density at radius 2 is 2.10 bits per heavy atom. The Bertz CT molecular complexity index is 641. The predicted molar refractivity (Wildman–Crippen MR) is 86.0 cm³/mol. The van der Waals surface area contributed by atoms with Crippen molar-refractivity contribution in [2.45, 2.75) is 35.8 Å². The number of rotatable bonds is 4. The fourth-order valence-corrected chi connectivity index (χ4v) is 4.29. The van der Waals surface area contributed by atoms with Crippen LogP contribution in [0.15, 0.2) is 53.4 Å². The van der Waals surface area contributed by atoms with Gasteiger partial charge in [0.2, 0.25) is 0 Å². The lowest BCUT2D eigenvalue weighted by Gasteiger charge is -2.17. The van der Waals surface area contributed by atoms with Crippen LogP contribution in [0.5, 0.6) is 0 Å². The number of aryl methyl sites for hydroxylation is 1. The van der Waals surface area contributed by atoms with E-state index < -0.39 is 11.9 Å². The number of carboxylic acids is 1. The summed E-state index contributed by atoms with van der Waals surface area (Å²) in [5, 5.41) is 9.94. The van der Waals surface area contributed by atoms with Gasteiger partial charge in [-0.1, -0.05) is 48.0 Å². The van der Waals surface area contributed by atoms with Crippen LogP contribution >= 0.6 is 11.8 Å². The molecule has 1 aliphatic rings. The maximum absolute atomic E-state index is 11.7. The summed E-state index contributed by atoms with van der Waals surface area (Å²) in [6.07, 6.45) is 1.65. The molecule has 2 nitrogen and oxygen atoms in total. The van der Waals surface area contributed by atoms with E-state index in [-0.39, 0.29) is 0 Å². The molecule has 108 valence electrons. The van der Waals surface area contributed by atoms with E-state index in [2.05, 4.69) is 18.2 Å². The molecule has 0 bridgehead atoms. The van der Waals surface area contributed by atoms with Crippen LogP contribution < -0.4 is 0 Å². The van der Waals surface area contributed by atoms with Crippen LogP contribution in [0.3, 0.4) is 0 Å². The standard InChI is InChI=1S/C18H18O2S/c1-12-5-4-7-13(9-12)16(18(19)20)11-15-10-14-6-2-3-8-17(14)21-15/h2-9,15-16H,10-11H2,1H3,(H,19,20). The molecule has 0 spiro atoms. The maximum Gasteiger partial charge on any atom is 0.311 e. The molecule has 0 radical (unpaired) electrons. The second-order valence-corrected chi connectivity index (χ2v) is 6.93. The van der Waals surface area contributed by atoms with Crippen LogP contribution in [-0.4, -0.2) is 16.3 Å². The van der Waals surface area contributed by atoms with E-state index in [0.29, 0.717) is 11.7 Å². The second kappa shape index (κ2) is 5.94. The van der Waals surface area contributed by atoms with Crippen molar-refractivity contribution in [3.8, 4) is 0 Å². The first-order valence-electron chi connectivity index (χ1n) is 7.17. The van der Waals surface area contributed by atoms with Gasteiger partial charge >= 0.3 is 5.97 Å². The molecule has 2 aromatic carbocycles. The fraction of sp³-hybridized carbons (Fsp3) is 0.278. The zero-order valence-corrected chi connectivity index (χ0v) is 12.8. The van der Waals surface area contributed by atoms with Crippen molar-refractivity contribution in [2.24, 2.45) is 0 Å². The molecule has 1 heterocycles. The van der Waals surface area contributed by atoms with Crippen LogP contribution in [0.25, 0.3) is 0 Å². The Balaban J connectivity index is 1.77. The SMILES string of the molecule is Cc1cccc(C(CC2Cc3ccccc3S2)C(=O)O)c1. The second-order valence-electron chi connectivity index (χ2n) is 5.59. The number of aliphatic carboxylic acids is 1. The molecule has 2 atom stereocenters. The number of hydrogen-bond donors (Lipinski definition) is 1. The molecule has 0 saturated heterocycles. The molecular formula is C18H18O2S. The highest BCUT2D eigenvalue weighted by Crippen LogP contribution is 2.41. The Morgan fingerprint density at radius 1 is 1.29 bits per heavy atom. The van der Waals surface area contributed by atoms with Crippen molar-refractivity contribution >= 4 is 17.7 Å². The summed E-state index contributed by atoms with van der Waals surface area (Å²) in [6.45, 7) is 2.00. The Morgan fingerprint density at radius 3 is 2.81 bits per heavy atom. The summed E-state index contributed by atoms with van der Waals surface area (Å²) in [4.78, 5) is 13.0. The molecule has 0 fully saturated rings. The minimum atomic E-state index is -0.725. The third kappa shape index (κ3) is 3.13. The predicted octanol–water partition coefficient (Wildman–Crippen LogP) is 4.27. The highest BCUT2D eigenvalue weighted by Gasteiger charge is 2.29. The first-order valence-corrected chi connectivity index (χ1v) is 8.05. The summed E-state index contributed by atoms with van der Waals surface area (Å²) in [7, 11) is 0. The average Bonchev–Trinajstić information content (AvgIpc) is 2.87. The number of thioether (sulfide) groups is 1. The van der Waals surface area contributed by atoms with E-state index >= 15 is 0 Å². The van der Waals surface area contributed by atoms with Crippen LogP contribution in [0.4, 0.5) is 0 Å². The number of carboxylic acid groups (broad SMARTS) is 1. The van der Waals surface area contributed by atoms with Crippen LogP contribution in [0.2, 0.25) is 0 Å².